The van der Waals surface area contributed by atoms with Crippen LogP contribution in [0.5, 0.6) is 11.5 Å². The Labute approximate surface area is 135 Å². The minimum atomic E-state index is -0.328. The van der Waals surface area contributed by atoms with Gasteiger partial charge in [0, 0.05) is 16.9 Å². The molecule has 5 heteroatoms. The van der Waals surface area contributed by atoms with E-state index in [1.807, 2.05) is 38.1 Å². The van der Waals surface area contributed by atoms with Crippen LogP contribution in [0.25, 0.3) is 0 Å². The Hall–Kier alpha value is -2.43. The molecule has 1 heterocycles. The van der Waals surface area contributed by atoms with Crippen LogP contribution in [0.4, 0.5) is 0 Å². The molecule has 1 aromatic heterocycles. The number of hydrogen-bond acceptors (Lipinski definition) is 5. The number of carbonyl (C=O) groups excluding carboxylic acids is 1. The Kier molecular flexibility index (Phi) is 4.03. The molecule has 3 rings (SSSR count). The number of aromatic nitrogens is 2. The van der Waals surface area contributed by atoms with Crippen LogP contribution in [0, 0.1) is 19.8 Å². The quantitative estimate of drug-likeness (QED) is 0.767. The summed E-state index contributed by atoms with van der Waals surface area (Å²) in [7, 11) is 1.64. The van der Waals surface area contributed by atoms with Crippen LogP contribution in [0.15, 0.2) is 30.5 Å². The number of aryl methyl sites for hydroxylation is 2. The number of carbonyl (C=O) groups is 1. The van der Waals surface area contributed by atoms with Gasteiger partial charge in [-0.1, -0.05) is 18.2 Å². The summed E-state index contributed by atoms with van der Waals surface area (Å²) in [5.41, 5.74) is 1.49. The number of hydrogen-bond donors (Lipinski definition) is 0. The van der Waals surface area contributed by atoms with E-state index in [2.05, 4.69) is 9.97 Å². The fourth-order valence-corrected chi connectivity index (χ4v) is 3.04. The normalized spacial score (nSPS) is 22.5. The van der Waals surface area contributed by atoms with Gasteiger partial charge >= 0.3 is 0 Å². The van der Waals surface area contributed by atoms with E-state index < -0.39 is 0 Å². The molecule has 0 spiro atoms. The van der Waals surface area contributed by atoms with Gasteiger partial charge in [0.2, 0.25) is 0 Å². The van der Waals surface area contributed by atoms with Gasteiger partial charge < -0.3 is 14.3 Å². The van der Waals surface area contributed by atoms with E-state index >= 15 is 0 Å². The molecule has 120 valence electrons. The third-order valence-electron chi connectivity index (χ3n) is 4.48. The van der Waals surface area contributed by atoms with Crippen molar-refractivity contribution in [3.63, 3.8) is 0 Å². The molecule has 1 aliphatic rings. The topological polar surface area (TPSA) is 61.3 Å². The fraction of sp³-hybridized carbons (Fsp3) is 0.389. The molecule has 23 heavy (non-hydrogen) atoms. The van der Waals surface area contributed by atoms with Gasteiger partial charge in [-0.3, -0.25) is 0 Å². The van der Waals surface area contributed by atoms with Crippen LogP contribution >= 0.6 is 0 Å². The van der Waals surface area contributed by atoms with Crippen LogP contribution in [0.1, 0.15) is 23.5 Å². The summed E-state index contributed by atoms with van der Waals surface area (Å²) in [6.07, 6.45) is 3.46. The predicted octanol–water partition coefficient (Wildman–Crippen LogP) is 2.64. The third-order valence-corrected chi connectivity index (χ3v) is 4.48. The molecule has 0 aliphatic heterocycles. The number of ether oxygens (including phenoxy) is 2. The molecule has 2 atom stereocenters. The van der Waals surface area contributed by atoms with Gasteiger partial charge in [0.25, 0.3) is 0 Å². The average Bonchev–Trinajstić information content (AvgIpc) is 3.28. The summed E-state index contributed by atoms with van der Waals surface area (Å²) in [5.74, 6) is 2.11. The Morgan fingerprint density at radius 2 is 2.09 bits per heavy atom. The predicted molar refractivity (Wildman–Crippen MR) is 85.8 cm³/mol. The third kappa shape index (κ3) is 2.79. The molecular formula is C18H20N2O3. The van der Waals surface area contributed by atoms with Crippen molar-refractivity contribution < 1.29 is 14.3 Å². The molecule has 0 radical (unpaired) electrons. The number of rotatable bonds is 6. The smallest absolute Gasteiger partial charge is 0.158 e. The van der Waals surface area contributed by atoms with Crippen molar-refractivity contribution in [3.8, 4) is 11.5 Å². The minimum Gasteiger partial charge on any atom is -0.496 e. The molecule has 0 bridgehead atoms. The first-order valence-electron chi connectivity index (χ1n) is 7.62. The van der Waals surface area contributed by atoms with Gasteiger partial charge in [-0.25, -0.2) is 9.97 Å². The van der Waals surface area contributed by atoms with Gasteiger partial charge in [-0.05, 0) is 26.3 Å². The molecule has 2 aromatic rings. The summed E-state index contributed by atoms with van der Waals surface area (Å²) in [6, 6.07) is 7.80. The largest absolute Gasteiger partial charge is 0.496 e. The van der Waals surface area contributed by atoms with E-state index in [-0.39, 0.29) is 11.3 Å². The van der Waals surface area contributed by atoms with Gasteiger partial charge in [-0.2, -0.15) is 0 Å². The van der Waals surface area contributed by atoms with E-state index in [9.17, 15) is 4.79 Å². The maximum atomic E-state index is 11.4. The zero-order valence-electron chi connectivity index (χ0n) is 13.6. The average molecular weight is 312 g/mol. The lowest BCUT2D eigenvalue weighted by molar-refractivity contribution is -0.109. The molecule has 1 fully saturated rings. The molecule has 2 unspecified atom stereocenters. The maximum Gasteiger partial charge on any atom is 0.158 e. The lowest BCUT2D eigenvalue weighted by atomic mass is 9.93. The summed E-state index contributed by atoms with van der Waals surface area (Å²) >= 11 is 0. The van der Waals surface area contributed by atoms with E-state index in [0.29, 0.717) is 18.2 Å². The van der Waals surface area contributed by atoms with Crippen molar-refractivity contribution in [3.05, 3.63) is 47.5 Å². The van der Waals surface area contributed by atoms with Gasteiger partial charge in [0.05, 0.1) is 25.6 Å². The Balaban J connectivity index is 1.86. The highest BCUT2D eigenvalue weighted by atomic mass is 16.5. The molecular weight excluding hydrogens is 292 g/mol. The molecule has 0 amide bonds. The summed E-state index contributed by atoms with van der Waals surface area (Å²) in [5, 5.41) is 0. The van der Waals surface area contributed by atoms with E-state index in [0.717, 1.165) is 29.7 Å². The number of nitrogens with zero attached hydrogens (tertiary/aromatic N) is 2. The second-order valence-corrected chi connectivity index (χ2v) is 5.96. The molecule has 0 saturated heterocycles. The lowest BCUT2D eigenvalue weighted by Crippen LogP contribution is -2.22. The first-order valence-corrected chi connectivity index (χ1v) is 7.62. The Bertz CT molecular complexity index is 732. The van der Waals surface area contributed by atoms with Crippen LogP contribution in [0.3, 0.4) is 0 Å². The molecule has 1 aliphatic carbocycles. The van der Waals surface area contributed by atoms with E-state index in [4.69, 9.17) is 9.47 Å². The molecule has 0 N–H and O–H groups in total. The second kappa shape index (κ2) is 5.99. The molecule has 5 nitrogen and oxygen atoms in total. The van der Waals surface area contributed by atoms with Crippen molar-refractivity contribution in [1.29, 1.82) is 0 Å². The standard InChI is InChI=1S/C18H20N2O3/c1-12-17(9-19-13(2)20-12)23-11-18(8-14(18)10-21)15-6-4-5-7-16(15)22-3/h4-7,9-10,14H,8,11H2,1-3H3. The zero-order valence-corrected chi connectivity index (χ0v) is 13.6. The minimum absolute atomic E-state index is 0.0505. The first-order chi connectivity index (χ1) is 11.1. The van der Waals surface area contributed by atoms with Crippen LogP contribution in [-0.2, 0) is 10.2 Å². The summed E-state index contributed by atoms with van der Waals surface area (Å²) in [6.45, 7) is 4.14. The van der Waals surface area contributed by atoms with Crippen molar-refractivity contribution in [2.45, 2.75) is 25.7 Å². The highest BCUT2D eigenvalue weighted by molar-refractivity contribution is 5.66. The lowest BCUT2D eigenvalue weighted by Gasteiger charge is -2.20. The highest BCUT2D eigenvalue weighted by Crippen LogP contribution is 2.55. The molecule has 1 saturated carbocycles. The summed E-state index contributed by atoms with van der Waals surface area (Å²) in [4.78, 5) is 19.8. The van der Waals surface area contributed by atoms with Crippen LogP contribution in [-0.4, -0.2) is 30.0 Å². The first kappa shape index (κ1) is 15.5. The number of aldehydes is 1. The summed E-state index contributed by atoms with van der Waals surface area (Å²) < 4.78 is 11.4. The van der Waals surface area contributed by atoms with Crippen molar-refractivity contribution in [2.24, 2.45) is 5.92 Å². The number of para-hydroxylation sites is 1. The van der Waals surface area contributed by atoms with Crippen molar-refractivity contribution in [1.82, 2.24) is 9.97 Å². The van der Waals surface area contributed by atoms with Crippen molar-refractivity contribution >= 4 is 6.29 Å². The van der Waals surface area contributed by atoms with Crippen LogP contribution < -0.4 is 9.47 Å². The highest BCUT2D eigenvalue weighted by Gasteiger charge is 2.57. The zero-order chi connectivity index (χ0) is 16.4. The number of benzene rings is 1. The van der Waals surface area contributed by atoms with Gasteiger partial charge in [0.1, 0.15) is 17.9 Å². The monoisotopic (exact) mass is 312 g/mol. The number of methoxy groups -OCH3 is 1. The molecule has 1 aromatic carbocycles. The van der Waals surface area contributed by atoms with Gasteiger partial charge in [0.15, 0.2) is 5.75 Å². The van der Waals surface area contributed by atoms with E-state index in [1.54, 1.807) is 13.3 Å². The second-order valence-electron chi connectivity index (χ2n) is 5.96. The maximum absolute atomic E-state index is 11.4. The van der Waals surface area contributed by atoms with E-state index in [1.165, 1.54) is 0 Å². The fourth-order valence-electron chi connectivity index (χ4n) is 3.04. The Morgan fingerprint density at radius 3 is 2.74 bits per heavy atom. The van der Waals surface area contributed by atoms with Crippen LogP contribution in [0.2, 0.25) is 0 Å². The SMILES string of the molecule is COc1ccccc1C1(COc2cnc(C)nc2C)CC1C=O. The van der Waals surface area contributed by atoms with Gasteiger partial charge in [-0.15, -0.1) is 0 Å². The van der Waals surface area contributed by atoms with Crippen molar-refractivity contribution in [2.75, 3.05) is 13.7 Å². The Morgan fingerprint density at radius 1 is 1.30 bits per heavy atom.